The van der Waals surface area contributed by atoms with Gasteiger partial charge in [-0.2, -0.15) is 0 Å². The molecule has 0 unspecified atom stereocenters. The molecule has 0 aliphatic rings. The number of nitrogen functional groups attached to an aromatic ring is 1. The molecule has 2 heteroatoms. The van der Waals surface area contributed by atoms with Crippen LogP contribution in [0.15, 0.2) is 24.3 Å². The number of hydrogen-bond donors (Lipinski definition) is 1. The number of nitrogens with two attached hydrogens (primary N) is 1. The molecule has 0 fully saturated rings. The van der Waals surface area contributed by atoms with Crippen molar-refractivity contribution in [3.63, 3.8) is 0 Å². The van der Waals surface area contributed by atoms with Crippen LogP contribution in [0.4, 0.5) is 11.4 Å². The number of anilines is 2. The lowest BCUT2D eigenvalue weighted by Gasteiger charge is -2.24. The Morgan fingerprint density at radius 2 is 1.42 bits per heavy atom. The Kier molecular flexibility index (Phi) is 8.11. The molecule has 0 aliphatic heterocycles. The summed E-state index contributed by atoms with van der Waals surface area (Å²) in [5.41, 5.74) is 7.91. The second kappa shape index (κ2) is 9.71. The van der Waals surface area contributed by atoms with Crippen LogP contribution < -0.4 is 10.6 Å². The van der Waals surface area contributed by atoms with Crippen LogP contribution >= 0.6 is 0 Å². The summed E-state index contributed by atoms with van der Waals surface area (Å²) < 4.78 is 0. The minimum absolute atomic E-state index is 0.847. The molecule has 0 bridgehead atoms. The van der Waals surface area contributed by atoms with E-state index in [4.69, 9.17) is 5.73 Å². The van der Waals surface area contributed by atoms with E-state index in [0.29, 0.717) is 0 Å². The molecular weight excluding hydrogens is 232 g/mol. The first kappa shape index (κ1) is 15.9. The van der Waals surface area contributed by atoms with Crippen molar-refractivity contribution < 1.29 is 0 Å². The predicted octanol–water partition coefficient (Wildman–Crippen LogP) is 4.85. The zero-order valence-corrected chi connectivity index (χ0v) is 12.7. The largest absolute Gasteiger partial charge is 0.399 e. The van der Waals surface area contributed by atoms with Gasteiger partial charge in [0.25, 0.3) is 0 Å². The normalized spacial score (nSPS) is 10.6. The number of unbranched alkanes of at least 4 members (excludes halogenated alkanes) is 5. The summed E-state index contributed by atoms with van der Waals surface area (Å²) >= 11 is 0. The molecule has 1 aromatic rings. The second-order valence-corrected chi connectivity index (χ2v) is 5.35. The highest BCUT2D eigenvalue weighted by Gasteiger charge is 2.04. The van der Waals surface area contributed by atoms with Gasteiger partial charge in [-0.3, -0.25) is 0 Å². The molecule has 19 heavy (non-hydrogen) atoms. The van der Waals surface area contributed by atoms with E-state index in [0.717, 1.165) is 12.2 Å². The average Bonchev–Trinajstić information content (AvgIpc) is 2.42. The van der Waals surface area contributed by atoms with Gasteiger partial charge in [-0.05, 0) is 37.1 Å². The maximum Gasteiger partial charge on any atom is 0.0367 e. The van der Waals surface area contributed by atoms with Crippen LogP contribution in [0.3, 0.4) is 0 Å². The molecule has 2 N–H and O–H groups in total. The molecule has 0 saturated carbocycles. The van der Waals surface area contributed by atoms with E-state index >= 15 is 0 Å². The van der Waals surface area contributed by atoms with E-state index in [-0.39, 0.29) is 0 Å². The van der Waals surface area contributed by atoms with Crippen molar-refractivity contribution in [2.24, 2.45) is 0 Å². The molecule has 0 atom stereocenters. The summed E-state index contributed by atoms with van der Waals surface area (Å²) in [6, 6.07) is 8.28. The smallest absolute Gasteiger partial charge is 0.0367 e. The van der Waals surface area contributed by atoms with Crippen LogP contribution in [-0.4, -0.2) is 13.1 Å². The lowest BCUT2D eigenvalue weighted by atomic mass is 10.1. The Morgan fingerprint density at radius 1 is 0.789 bits per heavy atom. The molecule has 1 rings (SSSR count). The minimum Gasteiger partial charge on any atom is -0.399 e. The number of nitrogens with zero attached hydrogens (tertiary/aromatic N) is 1. The van der Waals surface area contributed by atoms with E-state index < -0.39 is 0 Å². The fourth-order valence-electron chi connectivity index (χ4n) is 2.41. The van der Waals surface area contributed by atoms with Crippen LogP contribution in [0, 0.1) is 0 Å². The van der Waals surface area contributed by atoms with Crippen LogP contribution in [0.1, 0.15) is 58.8 Å². The molecular formula is C17H30N2. The molecule has 0 saturated heterocycles. The highest BCUT2D eigenvalue weighted by atomic mass is 15.1. The van der Waals surface area contributed by atoms with Gasteiger partial charge in [0.15, 0.2) is 0 Å². The maximum atomic E-state index is 5.75. The summed E-state index contributed by atoms with van der Waals surface area (Å²) in [7, 11) is 0. The summed E-state index contributed by atoms with van der Waals surface area (Å²) in [4.78, 5) is 2.49. The van der Waals surface area contributed by atoms with Crippen molar-refractivity contribution in [2.45, 2.75) is 58.8 Å². The van der Waals surface area contributed by atoms with Crippen molar-refractivity contribution in [3.05, 3.63) is 24.3 Å². The van der Waals surface area contributed by atoms with E-state index in [1.807, 2.05) is 12.1 Å². The second-order valence-electron chi connectivity index (χ2n) is 5.35. The molecule has 0 spiro atoms. The van der Waals surface area contributed by atoms with Gasteiger partial charge in [0.2, 0.25) is 0 Å². The first-order valence-electron chi connectivity index (χ1n) is 7.88. The Hall–Kier alpha value is -1.18. The van der Waals surface area contributed by atoms with Crippen molar-refractivity contribution in [2.75, 3.05) is 23.7 Å². The Morgan fingerprint density at radius 3 is 2.05 bits per heavy atom. The predicted molar refractivity (Wildman–Crippen MR) is 86.7 cm³/mol. The maximum absolute atomic E-state index is 5.75. The van der Waals surface area contributed by atoms with Gasteiger partial charge in [-0.25, -0.2) is 0 Å². The Balaban J connectivity index is 2.34. The van der Waals surface area contributed by atoms with Crippen molar-refractivity contribution in [3.8, 4) is 0 Å². The standard InChI is InChI=1S/C17H30N2/c1-3-5-6-7-8-9-15-19(14-4-2)17-12-10-16(18)11-13-17/h10-13H,3-9,14-15,18H2,1-2H3. The average molecular weight is 262 g/mol. The van der Waals surface area contributed by atoms with Crippen LogP contribution in [-0.2, 0) is 0 Å². The lowest BCUT2D eigenvalue weighted by molar-refractivity contribution is 0.597. The highest BCUT2D eigenvalue weighted by molar-refractivity contribution is 5.53. The van der Waals surface area contributed by atoms with Crippen LogP contribution in [0.5, 0.6) is 0 Å². The first-order valence-corrected chi connectivity index (χ1v) is 7.88. The van der Waals surface area contributed by atoms with Crippen molar-refractivity contribution in [1.29, 1.82) is 0 Å². The van der Waals surface area contributed by atoms with E-state index in [2.05, 4.69) is 30.9 Å². The third-order valence-electron chi connectivity index (χ3n) is 3.53. The van der Waals surface area contributed by atoms with Gasteiger partial charge in [0, 0.05) is 24.5 Å². The first-order chi connectivity index (χ1) is 9.27. The van der Waals surface area contributed by atoms with Gasteiger partial charge in [-0.1, -0.05) is 46.0 Å². The minimum atomic E-state index is 0.847. The summed E-state index contributed by atoms with van der Waals surface area (Å²) in [6.45, 7) is 6.82. The monoisotopic (exact) mass is 262 g/mol. The number of rotatable bonds is 10. The van der Waals surface area contributed by atoms with Crippen LogP contribution in [0.25, 0.3) is 0 Å². The van der Waals surface area contributed by atoms with Gasteiger partial charge in [0.05, 0.1) is 0 Å². The summed E-state index contributed by atoms with van der Waals surface area (Å²) in [5.74, 6) is 0. The highest BCUT2D eigenvalue weighted by Crippen LogP contribution is 2.18. The molecule has 0 aliphatic carbocycles. The number of hydrogen-bond acceptors (Lipinski definition) is 2. The molecule has 108 valence electrons. The van der Waals surface area contributed by atoms with Gasteiger partial charge in [0.1, 0.15) is 0 Å². The fraction of sp³-hybridized carbons (Fsp3) is 0.647. The zero-order valence-electron chi connectivity index (χ0n) is 12.7. The topological polar surface area (TPSA) is 29.3 Å². The van der Waals surface area contributed by atoms with E-state index in [9.17, 15) is 0 Å². The third kappa shape index (κ3) is 6.51. The summed E-state index contributed by atoms with van der Waals surface area (Å²) in [6.07, 6.45) is 9.34. The van der Waals surface area contributed by atoms with Gasteiger partial charge < -0.3 is 10.6 Å². The van der Waals surface area contributed by atoms with Crippen molar-refractivity contribution >= 4 is 11.4 Å². The van der Waals surface area contributed by atoms with E-state index in [1.165, 1.54) is 57.2 Å². The van der Waals surface area contributed by atoms with Crippen LogP contribution in [0.2, 0.25) is 0 Å². The SMILES string of the molecule is CCCCCCCCN(CCC)c1ccc(N)cc1. The molecule has 0 aromatic heterocycles. The molecule has 2 nitrogen and oxygen atoms in total. The molecule has 0 amide bonds. The van der Waals surface area contributed by atoms with Crippen molar-refractivity contribution in [1.82, 2.24) is 0 Å². The van der Waals surface area contributed by atoms with Gasteiger partial charge >= 0.3 is 0 Å². The molecule has 0 heterocycles. The molecule has 0 radical (unpaired) electrons. The number of benzene rings is 1. The fourth-order valence-corrected chi connectivity index (χ4v) is 2.41. The Bertz CT molecular complexity index is 319. The Labute approximate surface area is 119 Å². The zero-order chi connectivity index (χ0) is 13.9. The summed E-state index contributed by atoms with van der Waals surface area (Å²) in [5, 5.41) is 0. The van der Waals surface area contributed by atoms with Gasteiger partial charge in [-0.15, -0.1) is 0 Å². The molecule has 1 aromatic carbocycles. The third-order valence-corrected chi connectivity index (χ3v) is 3.53. The van der Waals surface area contributed by atoms with E-state index in [1.54, 1.807) is 0 Å². The quantitative estimate of drug-likeness (QED) is 0.482. The lowest BCUT2D eigenvalue weighted by Crippen LogP contribution is -2.25.